The highest BCUT2D eigenvalue weighted by Gasteiger charge is 2.35. The predicted molar refractivity (Wildman–Crippen MR) is 46.4 cm³/mol. The van der Waals surface area contributed by atoms with Gasteiger partial charge in [-0.15, -0.1) is 0 Å². The number of hydrogen-bond acceptors (Lipinski definition) is 2. The normalized spacial score (nSPS) is 40.4. The molecule has 0 aromatic rings. The van der Waals surface area contributed by atoms with Crippen molar-refractivity contribution in [3.05, 3.63) is 0 Å². The van der Waals surface area contributed by atoms with Gasteiger partial charge in [-0.1, -0.05) is 13.8 Å². The van der Waals surface area contributed by atoms with E-state index in [1.807, 2.05) is 0 Å². The van der Waals surface area contributed by atoms with Gasteiger partial charge in [-0.2, -0.15) is 0 Å². The largest absolute Gasteiger partial charge is 0.358 e. The number of ether oxygens (including phenoxy) is 1. The summed E-state index contributed by atoms with van der Waals surface area (Å²) < 4.78 is 5.77. The molecule has 3 atom stereocenters. The molecule has 0 aromatic carbocycles. The molecule has 1 fully saturated rings. The van der Waals surface area contributed by atoms with Crippen molar-refractivity contribution in [2.75, 3.05) is 7.05 Å². The van der Waals surface area contributed by atoms with E-state index < -0.39 is 0 Å². The van der Waals surface area contributed by atoms with Crippen molar-refractivity contribution in [2.24, 2.45) is 5.92 Å². The first-order valence-corrected chi connectivity index (χ1v) is 4.41. The standard InChI is InChI=1S/C9H19NO/c1-6(2)9-7(3)10(5)8(4)11-9/h6-9H,1-5H3. The molecule has 11 heavy (non-hydrogen) atoms. The third-order valence-corrected chi connectivity index (χ3v) is 2.70. The minimum absolute atomic E-state index is 0.289. The summed E-state index contributed by atoms with van der Waals surface area (Å²) >= 11 is 0. The Hall–Kier alpha value is -0.0800. The minimum atomic E-state index is 0.289. The molecule has 0 N–H and O–H groups in total. The lowest BCUT2D eigenvalue weighted by atomic mass is 10.0. The van der Waals surface area contributed by atoms with E-state index in [1.54, 1.807) is 0 Å². The van der Waals surface area contributed by atoms with E-state index in [-0.39, 0.29) is 6.23 Å². The van der Waals surface area contributed by atoms with Gasteiger partial charge < -0.3 is 4.74 Å². The lowest BCUT2D eigenvalue weighted by Gasteiger charge is -2.20. The van der Waals surface area contributed by atoms with Crippen LogP contribution in [-0.2, 0) is 4.74 Å². The highest BCUT2D eigenvalue weighted by molar-refractivity contribution is 4.83. The fraction of sp³-hybridized carbons (Fsp3) is 1.00. The maximum atomic E-state index is 5.77. The molecule has 0 spiro atoms. The van der Waals surface area contributed by atoms with Gasteiger partial charge in [0.05, 0.1) is 6.10 Å². The first kappa shape index (κ1) is 9.01. The summed E-state index contributed by atoms with van der Waals surface area (Å²) in [5.74, 6) is 0.623. The van der Waals surface area contributed by atoms with Crippen molar-refractivity contribution in [3.63, 3.8) is 0 Å². The maximum Gasteiger partial charge on any atom is 0.108 e. The first-order valence-electron chi connectivity index (χ1n) is 4.41. The number of nitrogens with zero attached hydrogens (tertiary/aromatic N) is 1. The van der Waals surface area contributed by atoms with Crippen molar-refractivity contribution in [1.29, 1.82) is 0 Å². The van der Waals surface area contributed by atoms with Crippen LogP contribution in [0.5, 0.6) is 0 Å². The zero-order valence-electron chi connectivity index (χ0n) is 8.16. The average molecular weight is 157 g/mol. The van der Waals surface area contributed by atoms with Crippen LogP contribution in [0.2, 0.25) is 0 Å². The monoisotopic (exact) mass is 157 g/mol. The number of hydrogen-bond donors (Lipinski definition) is 0. The molecule has 0 radical (unpaired) electrons. The molecule has 0 bridgehead atoms. The van der Waals surface area contributed by atoms with Crippen molar-refractivity contribution in [3.8, 4) is 0 Å². The Kier molecular flexibility index (Phi) is 2.55. The zero-order valence-corrected chi connectivity index (χ0v) is 8.16. The molecule has 2 heteroatoms. The van der Waals surface area contributed by atoms with E-state index in [4.69, 9.17) is 4.74 Å². The smallest absolute Gasteiger partial charge is 0.108 e. The van der Waals surface area contributed by atoms with Crippen LogP contribution in [0.15, 0.2) is 0 Å². The number of rotatable bonds is 1. The van der Waals surface area contributed by atoms with Gasteiger partial charge in [0.25, 0.3) is 0 Å². The SMILES string of the molecule is CC(C)C1OC(C)N(C)C1C. The fourth-order valence-electron chi connectivity index (χ4n) is 1.71. The lowest BCUT2D eigenvalue weighted by molar-refractivity contribution is 0.00308. The van der Waals surface area contributed by atoms with Gasteiger partial charge in [-0.3, -0.25) is 4.90 Å². The molecule has 1 aliphatic heterocycles. The highest BCUT2D eigenvalue weighted by Crippen LogP contribution is 2.25. The van der Waals surface area contributed by atoms with E-state index in [0.717, 1.165) is 0 Å². The quantitative estimate of drug-likeness (QED) is 0.574. The van der Waals surface area contributed by atoms with E-state index in [0.29, 0.717) is 18.1 Å². The summed E-state index contributed by atoms with van der Waals surface area (Å²) in [5, 5.41) is 0. The molecule has 1 heterocycles. The van der Waals surface area contributed by atoms with Crippen molar-refractivity contribution in [2.45, 2.75) is 46.1 Å². The molecule has 1 rings (SSSR count). The van der Waals surface area contributed by atoms with Crippen molar-refractivity contribution < 1.29 is 4.74 Å². The number of likely N-dealkylation sites (N-methyl/N-ethyl adjacent to an activating group) is 1. The maximum absolute atomic E-state index is 5.77. The van der Waals surface area contributed by atoms with Crippen LogP contribution in [0.25, 0.3) is 0 Å². The van der Waals surface area contributed by atoms with E-state index in [1.165, 1.54) is 0 Å². The second-order valence-electron chi connectivity index (χ2n) is 3.85. The third kappa shape index (κ3) is 1.57. The molecule has 0 aliphatic carbocycles. The molecule has 0 aromatic heterocycles. The van der Waals surface area contributed by atoms with Gasteiger partial charge in [0.2, 0.25) is 0 Å². The Balaban J connectivity index is 2.59. The van der Waals surface area contributed by atoms with Crippen LogP contribution in [0.4, 0.5) is 0 Å². The molecule has 2 nitrogen and oxygen atoms in total. The highest BCUT2D eigenvalue weighted by atomic mass is 16.5. The van der Waals surface area contributed by atoms with Gasteiger partial charge in [0, 0.05) is 6.04 Å². The van der Waals surface area contributed by atoms with Gasteiger partial charge in [0.15, 0.2) is 0 Å². The third-order valence-electron chi connectivity index (χ3n) is 2.70. The summed E-state index contributed by atoms with van der Waals surface area (Å²) in [6.07, 6.45) is 0.701. The Labute approximate surface area is 69.5 Å². The first-order chi connectivity index (χ1) is 5.04. The van der Waals surface area contributed by atoms with Crippen LogP contribution in [0.3, 0.4) is 0 Å². The second-order valence-corrected chi connectivity index (χ2v) is 3.85. The Morgan fingerprint density at radius 3 is 2.00 bits per heavy atom. The fourth-order valence-corrected chi connectivity index (χ4v) is 1.71. The summed E-state index contributed by atoms with van der Waals surface area (Å²) in [6.45, 7) is 8.77. The van der Waals surface area contributed by atoms with Crippen molar-refractivity contribution in [1.82, 2.24) is 4.90 Å². The van der Waals surface area contributed by atoms with E-state index in [2.05, 4.69) is 39.6 Å². The lowest BCUT2D eigenvalue weighted by Crippen LogP contribution is -2.33. The minimum Gasteiger partial charge on any atom is -0.358 e. The van der Waals surface area contributed by atoms with Crippen LogP contribution >= 0.6 is 0 Å². The van der Waals surface area contributed by atoms with Gasteiger partial charge in [-0.25, -0.2) is 0 Å². The molecular weight excluding hydrogens is 138 g/mol. The molecule has 0 saturated carbocycles. The van der Waals surface area contributed by atoms with Gasteiger partial charge in [0.1, 0.15) is 6.23 Å². The molecule has 1 saturated heterocycles. The molecule has 1 aliphatic rings. The topological polar surface area (TPSA) is 12.5 Å². The van der Waals surface area contributed by atoms with Gasteiger partial charge >= 0.3 is 0 Å². The molecule has 66 valence electrons. The van der Waals surface area contributed by atoms with E-state index >= 15 is 0 Å². The Morgan fingerprint density at radius 2 is 1.82 bits per heavy atom. The van der Waals surface area contributed by atoms with Crippen LogP contribution in [0, 0.1) is 5.92 Å². The molecule has 3 unspecified atom stereocenters. The average Bonchev–Trinajstić information content (AvgIpc) is 2.17. The predicted octanol–water partition coefficient (Wildman–Crippen LogP) is 1.71. The van der Waals surface area contributed by atoms with E-state index in [9.17, 15) is 0 Å². The summed E-state index contributed by atoms with van der Waals surface area (Å²) in [5.41, 5.74) is 0. The van der Waals surface area contributed by atoms with Crippen LogP contribution < -0.4 is 0 Å². The summed E-state index contributed by atoms with van der Waals surface area (Å²) in [6, 6.07) is 0.560. The zero-order chi connectivity index (χ0) is 8.59. The summed E-state index contributed by atoms with van der Waals surface area (Å²) in [7, 11) is 2.12. The van der Waals surface area contributed by atoms with Crippen molar-refractivity contribution >= 4 is 0 Å². The van der Waals surface area contributed by atoms with Crippen LogP contribution in [0.1, 0.15) is 27.7 Å². The molecule has 0 amide bonds. The second kappa shape index (κ2) is 3.11. The van der Waals surface area contributed by atoms with Gasteiger partial charge in [-0.05, 0) is 26.8 Å². The molecular formula is C9H19NO. The Bertz CT molecular complexity index is 136. The summed E-state index contributed by atoms with van der Waals surface area (Å²) in [4.78, 5) is 2.28. The Morgan fingerprint density at radius 1 is 1.27 bits per heavy atom. The van der Waals surface area contributed by atoms with Crippen LogP contribution in [-0.4, -0.2) is 30.3 Å².